The van der Waals surface area contributed by atoms with Crippen molar-refractivity contribution in [2.75, 3.05) is 25.9 Å². The number of halogens is 1. The molecule has 18 heavy (non-hydrogen) atoms. The molecule has 0 spiro atoms. The molecule has 1 aromatic carbocycles. The van der Waals surface area contributed by atoms with Crippen molar-refractivity contribution in [3.05, 3.63) is 30.9 Å². The molecule has 1 aliphatic heterocycles. The van der Waals surface area contributed by atoms with Crippen molar-refractivity contribution in [3.63, 3.8) is 0 Å². The van der Waals surface area contributed by atoms with E-state index < -0.39 is 0 Å². The lowest BCUT2D eigenvalue weighted by Gasteiger charge is -2.36. The van der Waals surface area contributed by atoms with Gasteiger partial charge in [0.05, 0.1) is 25.6 Å². The number of ether oxygens (including phenoxy) is 2. The van der Waals surface area contributed by atoms with Crippen LogP contribution in [0.2, 0.25) is 0 Å². The quantitative estimate of drug-likeness (QED) is 0.622. The van der Waals surface area contributed by atoms with Crippen molar-refractivity contribution < 1.29 is 14.3 Å². The normalized spacial score (nSPS) is 23.7. The first kappa shape index (κ1) is 13.5. The Hall–Kier alpha value is -0.970. The van der Waals surface area contributed by atoms with E-state index >= 15 is 0 Å². The molecule has 2 atom stereocenters. The second-order valence-corrected chi connectivity index (χ2v) is 4.49. The van der Waals surface area contributed by atoms with E-state index in [1.807, 2.05) is 24.3 Å². The summed E-state index contributed by atoms with van der Waals surface area (Å²) in [6, 6.07) is 7.73. The summed E-state index contributed by atoms with van der Waals surface area (Å²) in [6.45, 7) is 2.29. The summed E-state index contributed by atoms with van der Waals surface area (Å²) in [5.41, 5.74) is 0.869. The van der Waals surface area contributed by atoms with Crippen molar-refractivity contribution in [1.82, 2.24) is 0 Å². The lowest BCUT2D eigenvalue weighted by atomic mass is 10.1. The molecule has 1 saturated heterocycles. The van der Waals surface area contributed by atoms with Crippen LogP contribution in [-0.2, 0) is 9.57 Å². The van der Waals surface area contributed by atoms with E-state index in [-0.39, 0.29) is 11.4 Å². The molecule has 1 radical (unpaired) electrons. The minimum absolute atomic E-state index is 0.0294. The Morgan fingerprint density at radius 1 is 1.33 bits per heavy atom. The van der Waals surface area contributed by atoms with Gasteiger partial charge >= 0.3 is 0 Å². The maximum Gasteiger partial charge on any atom is 0.144 e. The van der Waals surface area contributed by atoms with Crippen molar-refractivity contribution in [2.24, 2.45) is 0 Å². The number of benzene rings is 1. The Balaban J connectivity index is 2.26. The van der Waals surface area contributed by atoms with Crippen LogP contribution in [0.25, 0.3) is 0 Å². The summed E-state index contributed by atoms with van der Waals surface area (Å²) >= 11 is 6.26. The van der Waals surface area contributed by atoms with Crippen LogP contribution in [0.1, 0.15) is 6.42 Å². The second-order valence-electron chi connectivity index (χ2n) is 3.99. The van der Waals surface area contributed by atoms with Gasteiger partial charge in [0.15, 0.2) is 0 Å². The summed E-state index contributed by atoms with van der Waals surface area (Å²) in [5.74, 6) is 0.759. The van der Waals surface area contributed by atoms with E-state index in [4.69, 9.17) is 25.9 Å². The summed E-state index contributed by atoms with van der Waals surface area (Å²) < 4.78 is 10.6. The lowest BCUT2D eigenvalue weighted by Crippen LogP contribution is -2.44. The molecule has 0 saturated carbocycles. The van der Waals surface area contributed by atoms with Crippen LogP contribution in [0.15, 0.2) is 24.3 Å². The van der Waals surface area contributed by atoms with Crippen LogP contribution in [-0.4, -0.2) is 32.2 Å². The smallest absolute Gasteiger partial charge is 0.144 e. The molecule has 0 amide bonds. The number of hydrogen-bond acceptors (Lipinski definition) is 4. The molecule has 0 bridgehead atoms. The first-order valence-corrected chi connectivity index (χ1v) is 6.27. The van der Waals surface area contributed by atoms with Crippen molar-refractivity contribution in [1.29, 1.82) is 0 Å². The van der Waals surface area contributed by atoms with E-state index in [0.29, 0.717) is 6.61 Å². The fourth-order valence-electron chi connectivity index (χ4n) is 2.07. The highest BCUT2D eigenvalue weighted by atomic mass is 35.5. The number of nitrogens with zero attached hydrogens (tertiary/aromatic N) is 1. The van der Waals surface area contributed by atoms with Crippen LogP contribution in [0.3, 0.4) is 0 Å². The van der Waals surface area contributed by atoms with Gasteiger partial charge in [-0.2, -0.15) is 0 Å². The van der Waals surface area contributed by atoms with Gasteiger partial charge in [0, 0.05) is 6.61 Å². The zero-order valence-corrected chi connectivity index (χ0v) is 11.3. The number of hydroxylamine groups is 1. The zero-order chi connectivity index (χ0) is 13.0. The molecule has 1 fully saturated rings. The van der Waals surface area contributed by atoms with Crippen LogP contribution in [0.4, 0.5) is 5.69 Å². The third-order valence-corrected chi connectivity index (χ3v) is 3.34. The molecule has 2 unspecified atom stereocenters. The van der Waals surface area contributed by atoms with Gasteiger partial charge in [-0.15, -0.1) is 11.6 Å². The summed E-state index contributed by atoms with van der Waals surface area (Å²) in [6.07, 6.45) is 0.802. The first-order valence-electron chi connectivity index (χ1n) is 5.83. The largest absolute Gasteiger partial charge is 0.494 e. The van der Waals surface area contributed by atoms with Gasteiger partial charge in [0.2, 0.25) is 0 Å². The van der Waals surface area contributed by atoms with E-state index in [2.05, 4.69) is 0 Å². The third-order valence-electron chi connectivity index (χ3n) is 2.95. The number of rotatable bonds is 4. The second kappa shape index (κ2) is 6.27. The van der Waals surface area contributed by atoms with Crippen molar-refractivity contribution >= 4 is 17.3 Å². The molecular weight excluding hydrogens is 254 g/mol. The highest BCUT2D eigenvalue weighted by Crippen LogP contribution is 2.33. The number of hydrogen-bond donors (Lipinski definition) is 0. The average molecular weight is 271 g/mol. The molecule has 0 N–H and O–H groups in total. The molecule has 5 heteroatoms. The topological polar surface area (TPSA) is 30.9 Å². The van der Waals surface area contributed by atoms with Gasteiger partial charge in [-0.25, -0.2) is 5.06 Å². The van der Waals surface area contributed by atoms with Gasteiger partial charge in [0.25, 0.3) is 0 Å². The fraction of sp³-hybridized carbons (Fsp3) is 0.462. The molecule has 4 nitrogen and oxygen atoms in total. The third kappa shape index (κ3) is 2.71. The van der Waals surface area contributed by atoms with Crippen LogP contribution in [0, 0.1) is 6.61 Å². The van der Waals surface area contributed by atoms with Gasteiger partial charge in [-0.3, -0.25) is 4.84 Å². The van der Waals surface area contributed by atoms with Crippen LogP contribution < -0.4 is 9.80 Å². The molecule has 0 aromatic heterocycles. The summed E-state index contributed by atoms with van der Waals surface area (Å²) in [5, 5.41) is 1.57. The standard InChI is InChI=1S/C13H17ClNO3/c1-16-13-6-4-3-5-12(13)15(17-2)11-7-8-18-9-10(11)14/h3-6,9-11H,7-8H2,1-2H3. The Labute approximate surface area is 112 Å². The Morgan fingerprint density at radius 2 is 2.11 bits per heavy atom. The van der Waals surface area contributed by atoms with Gasteiger partial charge in [-0.1, -0.05) is 12.1 Å². The van der Waals surface area contributed by atoms with Crippen LogP contribution >= 0.6 is 11.6 Å². The van der Waals surface area contributed by atoms with Crippen molar-refractivity contribution in [3.8, 4) is 5.75 Å². The Morgan fingerprint density at radius 3 is 2.78 bits per heavy atom. The van der Waals surface area contributed by atoms with Gasteiger partial charge in [0.1, 0.15) is 18.0 Å². The average Bonchev–Trinajstić information content (AvgIpc) is 2.42. The number of para-hydroxylation sites is 2. The first-order chi connectivity index (χ1) is 8.77. The molecule has 1 aromatic rings. The van der Waals surface area contributed by atoms with Crippen LogP contribution in [0.5, 0.6) is 5.75 Å². The summed E-state index contributed by atoms with van der Waals surface area (Å²) in [7, 11) is 3.27. The predicted octanol–water partition coefficient (Wildman–Crippen LogP) is 2.62. The SMILES string of the molecule is COc1ccccc1N(OC)C1CCO[CH]C1Cl. The number of methoxy groups -OCH3 is 1. The maximum atomic E-state index is 6.26. The van der Waals surface area contributed by atoms with E-state index in [1.165, 1.54) is 0 Å². The Kier molecular flexibility index (Phi) is 4.69. The minimum Gasteiger partial charge on any atom is -0.494 e. The van der Waals surface area contributed by atoms with E-state index in [1.54, 1.807) is 25.9 Å². The van der Waals surface area contributed by atoms with Gasteiger partial charge < -0.3 is 9.47 Å². The van der Waals surface area contributed by atoms with Crippen molar-refractivity contribution in [2.45, 2.75) is 17.8 Å². The fourth-order valence-corrected chi connectivity index (χ4v) is 2.37. The molecule has 2 rings (SSSR count). The highest BCUT2D eigenvalue weighted by Gasteiger charge is 2.31. The number of anilines is 1. The number of alkyl halides is 1. The zero-order valence-electron chi connectivity index (χ0n) is 10.5. The lowest BCUT2D eigenvalue weighted by molar-refractivity contribution is 0.0812. The predicted molar refractivity (Wildman–Crippen MR) is 70.8 cm³/mol. The molecule has 1 aliphatic rings. The Bertz CT molecular complexity index is 388. The molecule has 0 aliphatic carbocycles. The summed E-state index contributed by atoms with van der Waals surface area (Å²) in [4.78, 5) is 5.48. The molecule has 99 valence electrons. The molecule has 1 heterocycles. The monoisotopic (exact) mass is 270 g/mol. The van der Waals surface area contributed by atoms with E-state index in [0.717, 1.165) is 17.9 Å². The molecular formula is C13H17ClNO3. The maximum absolute atomic E-state index is 6.26. The van der Waals surface area contributed by atoms with Gasteiger partial charge in [-0.05, 0) is 18.6 Å². The van der Waals surface area contributed by atoms with E-state index in [9.17, 15) is 0 Å². The minimum atomic E-state index is -0.219. The highest BCUT2D eigenvalue weighted by molar-refractivity contribution is 6.22.